The fraction of sp³-hybridized carbons (Fsp3) is 0.364. The molecule has 2 aromatic rings. The van der Waals surface area contributed by atoms with E-state index < -0.39 is 6.04 Å². The Labute approximate surface area is 160 Å². The molecule has 1 heterocycles. The van der Waals surface area contributed by atoms with Crippen molar-refractivity contribution in [2.24, 2.45) is 0 Å². The van der Waals surface area contributed by atoms with E-state index in [0.717, 1.165) is 28.8 Å². The fourth-order valence-electron chi connectivity index (χ4n) is 3.40. The predicted molar refractivity (Wildman–Crippen MR) is 108 cm³/mol. The van der Waals surface area contributed by atoms with Crippen molar-refractivity contribution in [3.8, 4) is 0 Å². The second kappa shape index (κ2) is 8.35. The number of carbonyl (C=O) groups is 2. The molecular weight excluding hydrogens is 338 g/mol. The molecular formula is C22H27N3O2. The average molecular weight is 365 g/mol. The van der Waals surface area contributed by atoms with Crippen molar-refractivity contribution in [3.63, 3.8) is 0 Å². The number of carbonyl (C=O) groups excluding carboxylic acids is 2. The highest BCUT2D eigenvalue weighted by Crippen LogP contribution is 2.29. The lowest BCUT2D eigenvalue weighted by Crippen LogP contribution is -2.52. The first-order valence-corrected chi connectivity index (χ1v) is 9.42. The molecule has 0 spiro atoms. The van der Waals surface area contributed by atoms with Crippen LogP contribution in [0.3, 0.4) is 0 Å². The topological polar surface area (TPSA) is 61.4 Å². The Morgan fingerprint density at radius 1 is 1.19 bits per heavy atom. The molecule has 1 aliphatic heterocycles. The SMILES string of the molecule is CNC(C)C(=O)N[C@H]1CCc2ccccc2N(Cc2ccccc2C)C1=O. The lowest BCUT2D eigenvalue weighted by Gasteiger charge is -2.27. The molecule has 0 aliphatic carbocycles. The van der Waals surface area contributed by atoms with Crippen LogP contribution >= 0.6 is 0 Å². The fourth-order valence-corrected chi connectivity index (χ4v) is 3.40. The van der Waals surface area contributed by atoms with Crippen molar-refractivity contribution < 1.29 is 9.59 Å². The second-order valence-electron chi connectivity index (χ2n) is 7.09. The molecule has 2 N–H and O–H groups in total. The summed E-state index contributed by atoms with van der Waals surface area (Å²) in [6.45, 7) is 4.34. The van der Waals surface area contributed by atoms with Gasteiger partial charge in [-0.3, -0.25) is 9.59 Å². The minimum Gasteiger partial charge on any atom is -0.343 e. The van der Waals surface area contributed by atoms with Gasteiger partial charge in [0, 0.05) is 5.69 Å². The van der Waals surface area contributed by atoms with Gasteiger partial charge in [-0.05, 0) is 56.5 Å². The summed E-state index contributed by atoms with van der Waals surface area (Å²) in [5, 5.41) is 5.86. The van der Waals surface area contributed by atoms with Gasteiger partial charge in [-0.2, -0.15) is 0 Å². The summed E-state index contributed by atoms with van der Waals surface area (Å²) in [7, 11) is 1.74. The first kappa shape index (κ1) is 19.1. The molecule has 1 aliphatic rings. The van der Waals surface area contributed by atoms with Gasteiger partial charge in [0.05, 0.1) is 12.6 Å². The highest BCUT2D eigenvalue weighted by Gasteiger charge is 2.32. The first-order valence-electron chi connectivity index (χ1n) is 9.42. The number of nitrogens with zero attached hydrogens (tertiary/aromatic N) is 1. The van der Waals surface area contributed by atoms with Crippen molar-refractivity contribution >= 4 is 17.5 Å². The van der Waals surface area contributed by atoms with Crippen LogP contribution in [0, 0.1) is 6.92 Å². The summed E-state index contributed by atoms with van der Waals surface area (Å²) in [6.07, 6.45) is 1.35. The van der Waals surface area contributed by atoms with Crippen LogP contribution in [0.5, 0.6) is 0 Å². The molecule has 2 atom stereocenters. The van der Waals surface area contributed by atoms with Gasteiger partial charge in [0.2, 0.25) is 11.8 Å². The van der Waals surface area contributed by atoms with Crippen molar-refractivity contribution in [1.82, 2.24) is 10.6 Å². The summed E-state index contributed by atoms with van der Waals surface area (Å²) >= 11 is 0. The molecule has 1 unspecified atom stereocenters. The zero-order chi connectivity index (χ0) is 19.4. The maximum atomic E-state index is 13.4. The van der Waals surface area contributed by atoms with E-state index >= 15 is 0 Å². The smallest absolute Gasteiger partial charge is 0.249 e. The summed E-state index contributed by atoms with van der Waals surface area (Å²) in [6, 6.07) is 15.2. The van der Waals surface area contributed by atoms with Gasteiger partial charge in [0.1, 0.15) is 6.04 Å². The van der Waals surface area contributed by atoms with E-state index in [0.29, 0.717) is 13.0 Å². The Balaban J connectivity index is 1.92. The van der Waals surface area contributed by atoms with Gasteiger partial charge in [0.25, 0.3) is 0 Å². The van der Waals surface area contributed by atoms with Gasteiger partial charge in [0.15, 0.2) is 0 Å². The zero-order valence-corrected chi connectivity index (χ0v) is 16.2. The lowest BCUT2D eigenvalue weighted by atomic mass is 10.1. The van der Waals surface area contributed by atoms with Crippen LogP contribution in [0.15, 0.2) is 48.5 Å². The minimum atomic E-state index is -0.523. The molecule has 0 fully saturated rings. The van der Waals surface area contributed by atoms with Gasteiger partial charge in [-0.1, -0.05) is 42.5 Å². The third-order valence-electron chi connectivity index (χ3n) is 5.28. The molecule has 0 radical (unpaired) electrons. The van der Waals surface area contributed by atoms with Gasteiger partial charge >= 0.3 is 0 Å². The van der Waals surface area contributed by atoms with Crippen molar-refractivity contribution in [1.29, 1.82) is 0 Å². The Morgan fingerprint density at radius 2 is 1.89 bits per heavy atom. The van der Waals surface area contributed by atoms with Gasteiger partial charge in [-0.25, -0.2) is 0 Å². The molecule has 0 saturated carbocycles. The van der Waals surface area contributed by atoms with Crippen LogP contribution in [-0.4, -0.2) is 30.9 Å². The average Bonchev–Trinajstić information content (AvgIpc) is 2.81. The van der Waals surface area contributed by atoms with Crippen LogP contribution in [0.2, 0.25) is 0 Å². The number of hydrogen-bond donors (Lipinski definition) is 2. The molecule has 0 saturated heterocycles. The Hall–Kier alpha value is -2.66. The summed E-state index contributed by atoms with van der Waals surface area (Å²) in [5.74, 6) is -0.211. The van der Waals surface area contributed by atoms with Crippen LogP contribution < -0.4 is 15.5 Å². The Morgan fingerprint density at radius 3 is 2.63 bits per heavy atom. The maximum absolute atomic E-state index is 13.4. The van der Waals surface area contributed by atoms with Crippen molar-refractivity contribution in [2.75, 3.05) is 11.9 Å². The minimum absolute atomic E-state index is 0.0557. The summed E-state index contributed by atoms with van der Waals surface area (Å²) < 4.78 is 0. The summed E-state index contributed by atoms with van der Waals surface area (Å²) in [4.78, 5) is 27.5. The van der Waals surface area contributed by atoms with Crippen molar-refractivity contribution in [2.45, 2.75) is 45.3 Å². The number of anilines is 1. The molecule has 27 heavy (non-hydrogen) atoms. The third kappa shape index (κ3) is 4.19. The van der Waals surface area contributed by atoms with E-state index in [9.17, 15) is 9.59 Å². The van der Waals surface area contributed by atoms with E-state index in [4.69, 9.17) is 0 Å². The van der Waals surface area contributed by atoms with E-state index in [2.05, 4.69) is 29.7 Å². The zero-order valence-electron chi connectivity index (χ0n) is 16.2. The maximum Gasteiger partial charge on any atom is 0.249 e. The van der Waals surface area contributed by atoms with E-state index in [-0.39, 0.29) is 17.9 Å². The number of amides is 2. The number of aryl methyl sites for hydroxylation is 2. The Bertz CT molecular complexity index is 834. The standard InChI is InChI=1S/C22H27N3O2/c1-15-8-4-5-10-18(15)14-25-20-11-7-6-9-17(20)12-13-19(22(25)27)24-21(26)16(2)23-3/h4-11,16,19,23H,12-14H2,1-3H3,(H,24,26)/t16?,19-/m0/s1. The van der Waals surface area contributed by atoms with E-state index in [1.807, 2.05) is 41.3 Å². The number of likely N-dealkylation sites (N-methyl/N-ethyl adjacent to an activating group) is 1. The molecule has 2 amide bonds. The number of hydrogen-bond acceptors (Lipinski definition) is 3. The first-order chi connectivity index (χ1) is 13.0. The molecule has 5 nitrogen and oxygen atoms in total. The number of fused-ring (bicyclic) bond motifs is 1. The number of benzene rings is 2. The molecule has 142 valence electrons. The normalized spacial score (nSPS) is 17.8. The quantitative estimate of drug-likeness (QED) is 0.856. The van der Waals surface area contributed by atoms with Gasteiger partial charge in [-0.15, -0.1) is 0 Å². The lowest BCUT2D eigenvalue weighted by molar-refractivity contribution is -0.128. The van der Waals surface area contributed by atoms with Crippen LogP contribution in [0.1, 0.15) is 30.0 Å². The molecule has 2 aromatic carbocycles. The number of nitrogens with one attached hydrogen (secondary N) is 2. The van der Waals surface area contributed by atoms with Crippen LogP contribution in [-0.2, 0) is 22.6 Å². The monoisotopic (exact) mass is 365 g/mol. The molecule has 5 heteroatoms. The number of rotatable bonds is 5. The highest BCUT2D eigenvalue weighted by atomic mass is 16.2. The summed E-state index contributed by atoms with van der Waals surface area (Å²) in [5.41, 5.74) is 4.33. The largest absolute Gasteiger partial charge is 0.343 e. The van der Waals surface area contributed by atoms with Crippen molar-refractivity contribution in [3.05, 3.63) is 65.2 Å². The Kier molecular flexibility index (Phi) is 5.91. The van der Waals surface area contributed by atoms with E-state index in [1.54, 1.807) is 14.0 Å². The second-order valence-corrected chi connectivity index (χ2v) is 7.09. The van der Waals surface area contributed by atoms with Crippen LogP contribution in [0.4, 0.5) is 5.69 Å². The number of para-hydroxylation sites is 1. The van der Waals surface area contributed by atoms with Crippen LogP contribution in [0.25, 0.3) is 0 Å². The molecule has 3 rings (SSSR count). The van der Waals surface area contributed by atoms with E-state index in [1.165, 1.54) is 0 Å². The molecule has 0 bridgehead atoms. The third-order valence-corrected chi connectivity index (χ3v) is 5.28. The van der Waals surface area contributed by atoms with Gasteiger partial charge < -0.3 is 15.5 Å². The predicted octanol–water partition coefficient (Wildman–Crippen LogP) is 2.57. The highest BCUT2D eigenvalue weighted by molar-refractivity contribution is 6.00. The molecule has 0 aromatic heterocycles.